The van der Waals surface area contributed by atoms with E-state index in [4.69, 9.17) is 16.7 Å². The first-order valence-corrected chi connectivity index (χ1v) is 5.96. The van der Waals surface area contributed by atoms with Gasteiger partial charge in [-0.2, -0.15) is 5.10 Å². The molecule has 0 amide bonds. The summed E-state index contributed by atoms with van der Waals surface area (Å²) in [5.74, 6) is -0.971. The molecule has 1 saturated heterocycles. The molecule has 17 heavy (non-hydrogen) atoms. The standard InChI is InChI=1S/C11H14ClN3O2/c12-10-4-3-9(13-14-10)7-15-5-1-2-8(6-15)11(16)17/h3-4,8H,1-2,5-7H2,(H,16,17). The van der Waals surface area contributed by atoms with E-state index in [1.165, 1.54) is 0 Å². The lowest BCUT2D eigenvalue weighted by Gasteiger charge is -2.30. The molecule has 1 unspecified atom stereocenters. The predicted octanol–water partition coefficient (Wildman–Crippen LogP) is 1.43. The summed E-state index contributed by atoms with van der Waals surface area (Å²) >= 11 is 5.65. The van der Waals surface area contributed by atoms with E-state index < -0.39 is 5.97 Å². The number of nitrogens with zero attached hydrogens (tertiary/aromatic N) is 3. The molecule has 1 aliphatic rings. The van der Waals surface area contributed by atoms with Crippen LogP contribution in [0.2, 0.25) is 5.15 Å². The summed E-state index contributed by atoms with van der Waals surface area (Å²) < 4.78 is 0. The second kappa shape index (κ2) is 5.42. The van der Waals surface area contributed by atoms with Crippen LogP contribution in [0.4, 0.5) is 0 Å². The minimum atomic E-state index is -0.711. The number of carboxylic acid groups (broad SMARTS) is 1. The van der Waals surface area contributed by atoms with Crippen LogP contribution in [0.1, 0.15) is 18.5 Å². The van der Waals surface area contributed by atoms with E-state index in [0.717, 1.165) is 25.1 Å². The van der Waals surface area contributed by atoms with Gasteiger partial charge in [-0.05, 0) is 31.5 Å². The van der Waals surface area contributed by atoms with Gasteiger partial charge in [0, 0.05) is 13.1 Å². The van der Waals surface area contributed by atoms with E-state index in [2.05, 4.69) is 15.1 Å². The number of rotatable bonds is 3. The number of carboxylic acids is 1. The number of hydrogen-bond donors (Lipinski definition) is 1. The van der Waals surface area contributed by atoms with Crippen molar-refractivity contribution in [3.05, 3.63) is 23.0 Å². The Morgan fingerprint density at radius 1 is 1.53 bits per heavy atom. The average Bonchev–Trinajstić information content (AvgIpc) is 2.32. The second-order valence-electron chi connectivity index (χ2n) is 4.26. The monoisotopic (exact) mass is 255 g/mol. The van der Waals surface area contributed by atoms with Crippen molar-refractivity contribution in [3.8, 4) is 0 Å². The van der Waals surface area contributed by atoms with Crippen LogP contribution in [-0.4, -0.2) is 39.3 Å². The Morgan fingerprint density at radius 3 is 3.00 bits per heavy atom. The van der Waals surface area contributed by atoms with Gasteiger partial charge >= 0.3 is 5.97 Å². The molecule has 0 spiro atoms. The summed E-state index contributed by atoms with van der Waals surface area (Å²) in [4.78, 5) is 13.0. The van der Waals surface area contributed by atoms with Gasteiger partial charge in [-0.3, -0.25) is 9.69 Å². The van der Waals surface area contributed by atoms with Crippen LogP contribution in [0.5, 0.6) is 0 Å². The summed E-state index contributed by atoms with van der Waals surface area (Å²) in [5.41, 5.74) is 0.820. The number of carbonyl (C=O) groups is 1. The number of piperidine rings is 1. The fraction of sp³-hybridized carbons (Fsp3) is 0.545. The quantitative estimate of drug-likeness (QED) is 0.885. The fourth-order valence-electron chi connectivity index (χ4n) is 2.06. The van der Waals surface area contributed by atoms with E-state index >= 15 is 0 Å². The van der Waals surface area contributed by atoms with E-state index in [1.54, 1.807) is 6.07 Å². The van der Waals surface area contributed by atoms with Crippen molar-refractivity contribution < 1.29 is 9.90 Å². The van der Waals surface area contributed by atoms with Crippen molar-refractivity contribution in [2.24, 2.45) is 5.92 Å². The molecule has 1 aliphatic heterocycles. The molecule has 1 aromatic heterocycles. The maximum atomic E-state index is 10.9. The third-order valence-corrected chi connectivity index (χ3v) is 3.13. The van der Waals surface area contributed by atoms with Crippen LogP contribution in [-0.2, 0) is 11.3 Å². The van der Waals surface area contributed by atoms with E-state index in [9.17, 15) is 4.79 Å². The van der Waals surface area contributed by atoms with E-state index in [1.807, 2.05) is 6.07 Å². The zero-order chi connectivity index (χ0) is 12.3. The molecule has 0 aliphatic carbocycles. The van der Waals surface area contributed by atoms with Crippen LogP contribution in [0.25, 0.3) is 0 Å². The topological polar surface area (TPSA) is 66.3 Å². The molecule has 92 valence electrons. The molecule has 0 aromatic carbocycles. The van der Waals surface area contributed by atoms with E-state index in [-0.39, 0.29) is 5.92 Å². The highest BCUT2D eigenvalue weighted by Crippen LogP contribution is 2.18. The molecule has 2 heterocycles. The van der Waals surface area contributed by atoms with Crippen molar-refractivity contribution in [3.63, 3.8) is 0 Å². The zero-order valence-corrected chi connectivity index (χ0v) is 10.1. The summed E-state index contributed by atoms with van der Waals surface area (Å²) in [7, 11) is 0. The van der Waals surface area contributed by atoms with Crippen molar-refractivity contribution in [2.45, 2.75) is 19.4 Å². The lowest BCUT2D eigenvalue weighted by atomic mass is 9.98. The molecular weight excluding hydrogens is 242 g/mol. The van der Waals surface area contributed by atoms with Gasteiger partial charge in [0.05, 0.1) is 11.6 Å². The van der Waals surface area contributed by atoms with Gasteiger partial charge in [0.1, 0.15) is 0 Å². The number of likely N-dealkylation sites (tertiary alicyclic amines) is 1. The molecule has 0 saturated carbocycles. The molecule has 6 heteroatoms. The minimum absolute atomic E-state index is 0.260. The smallest absolute Gasteiger partial charge is 0.307 e. The molecule has 0 bridgehead atoms. The first-order valence-electron chi connectivity index (χ1n) is 5.58. The van der Waals surface area contributed by atoms with Gasteiger partial charge in [0.2, 0.25) is 0 Å². The summed E-state index contributed by atoms with van der Waals surface area (Å²) in [5, 5.41) is 17.1. The lowest BCUT2D eigenvalue weighted by Crippen LogP contribution is -2.38. The number of hydrogen-bond acceptors (Lipinski definition) is 4. The first-order chi connectivity index (χ1) is 8.15. The average molecular weight is 256 g/mol. The highest BCUT2D eigenvalue weighted by molar-refractivity contribution is 6.29. The maximum Gasteiger partial charge on any atom is 0.307 e. The van der Waals surface area contributed by atoms with Gasteiger partial charge < -0.3 is 5.11 Å². The van der Waals surface area contributed by atoms with Gasteiger partial charge in [0.25, 0.3) is 0 Å². The maximum absolute atomic E-state index is 10.9. The summed E-state index contributed by atoms with van der Waals surface area (Å²) in [6.45, 7) is 2.13. The third kappa shape index (κ3) is 3.38. The second-order valence-corrected chi connectivity index (χ2v) is 4.65. The molecule has 1 atom stereocenters. The SMILES string of the molecule is O=C(O)C1CCCN(Cc2ccc(Cl)nn2)C1. The van der Waals surface area contributed by atoms with Crippen molar-refractivity contribution in [1.82, 2.24) is 15.1 Å². The van der Waals surface area contributed by atoms with Gasteiger partial charge in [-0.1, -0.05) is 11.6 Å². The van der Waals surface area contributed by atoms with Crippen molar-refractivity contribution in [1.29, 1.82) is 0 Å². The van der Waals surface area contributed by atoms with Gasteiger partial charge in [-0.15, -0.1) is 5.10 Å². The Kier molecular flexibility index (Phi) is 3.91. The Hall–Kier alpha value is -1.20. The number of halogens is 1. The Morgan fingerprint density at radius 2 is 2.35 bits per heavy atom. The molecule has 1 N–H and O–H groups in total. The largest absolute Gasteiger partial charge is 0.481 e. The molecule has 0 radical (unpaired) electrons. The minimum Gasteiger partial charge on any atom is -0.481 e. The van der Waals surface area contributed by atoms with Crippen LogP contribution in [0, 0.1) is 5.92 Å². The first kappa shape index (κ1) is 12.3. The van der Waals surface area contributed by atoms with Crippen LogP contribution in [0.15, 0.2) is 12.1 Å². The van der Waals surface area contributed by atoms with Crippen LogP contribution in [0.3, 0.4) is 0 Å². The lowest BCUT2D eigenvalue weighted by molar-refractivity contribution is -0.143. The van der Waals surface area contributed by atoms with Crippen molar-refractivity contribution in [2.75, 3.05) is 13.1 Å². The normalized spacial score (nSPS) is 21.4. The van der Waals surface area contributed by atoms with Crippen LogP contribution < -0.4 is 0 Å². The molecule has 1 aromatic rings. The molecule has 2 rings (SSSR count). The Bertz CT molecular complexity index is 396. The highest BCUT2D eigenvalue weighted by atomic mass is 35.5. The van der Waals surface area contributed by atoms with Gasteiger partial charge in [-0.25, -0.2) is 0 Å². The zero-order valence-electron chi connectivity index (χ0n) is 9.34. The predicted molar refractivity (Wildman–Crippen MR) is 62.7 cm³/mol. The Labute approximate surface area is 104 Å². The number of aliphatic carboxylic acids is 1. The van der Waals surface area contributed by atoms with Crippen LogP contribution >= 0.6 is 11.6 Å². The summed E-state index contributed by atoms with van der Waals surface area (Å²) in [6, 6.07) is 3.52. The van der Waals surface area contributed by atoms with Gasteiger partial charge in [0.15, 0.2) is 5.15 Å². The molecule has 5 nitrogen and oxygen atoms in total. The summed E-state index contributed by atoms with van der Waals surface area (Å²) in [6.07, 6.45) is 1.68. The van der Waals surface area contributed by atoms with Crippen molar-refractivity contribution >= 4 is 17.6 Å². The third-order valence-electron chi connectivity index (χ3n) is 2.93. The molecular formula is C11H14ClN3O2. The molecule has 1 fully saturated rings. The Balaban J connectivity index is 1.94. The number of aromatic nitrogens is 2. The highest BCUT2D eigenvalue weighted by Gasteiger charge is 2.25. The van der Waals surface area contributed by atoms with E-state index in [0.29, 0.717) is 18.2 Å². The fourth-order valence-corrected chi connectivity index (χ4v) is 2.16.